The van der Waals surface area contributed by atoms with E-state index < -0.39 is 5.76 Å². The molecular weight excluding hydrogens is 282 g/mol. The summed E-state index contributed by atoms with van der Waals surface area (Å²) in [4.78, 5) is 27.5. The highest BCUT2D eigenvalue weighted by molar-refractivity contribution is 5.95. The first kappa shape index (κ1) is 16.0. The van der Waals surface area contributed by atoms with E-state index >= 15 is 0 Å². The molecule has 6 nitrogen and oxygen atoms in total. The summed E-state index contributed by atoms with van der Waals surface area (Å²) in [7, 11) is 1.67. The SMILES string of the molecule is CN(Cc1noc(=O)[nH]1)C(=O)c1ccccc1CC(C)(C)C. The van der Waals surface area contributed by atoms with Crippen molar-refractivity contribution in [3.63, 3.8) is 0 Å². The molecule has 6 heteroatoms. The molecule has 1 aromatic heterocycles. The van der Waals surface area contributed by atoms with Crippen molar-refractivity contribution < 1.29 is 9.32 Å². The van der Waals surface area contributed by atoms with Gasteiger partial charge in [-0.3, -0.25) is 14.3 Å². The van der Waals surface area contributed by atoms with Crippen molar-refractivity contribution in [2.24, 2.45) is 5.41 Å². The number of aromatic nitrogens is 2. The van der Waals surface area contributed by atoms with Gasteiger partial charge in [-0.2, -0.15) is 0 Å². The molecule has 0 aliphatic carbocycles. The summed E-state index contributed by atoms with van der Waals surface area (Å²) in [6.07, 6.45) is 0.809. The third kappa shape index (κ3) is 4.07. The van der Waals surface area contributed by atoms with Gasteiger partial charge in [-0.1, -0.05) is 44.1 Å². The highest BCUT2D eigenvalue weighted by Crippen LogP contribution is 2.23. The third-order valence-electron chi connectivity index (χ3n) is 3.19. The molecule has 0 aliphatic rings. The first-order valence-corrected chi connectivity index (χ1v) is 7.14. The summed E-state index contributed by atoms with van der Waals surface area (Å²) in [5, 5.41) is 3.58. The normalized spacial score (nSPS) is 11.5. The average molecular weight is 303 g/mol. The number of carbonyl (C=O) groups is 1. The van der Waals surface area contributed by atoms with Gasteiger partial charge in [0.05, 0.1) is 6.54 Å². The molecule has 0 spiro atoms. The number of hydrogen-bond donors (Lipinski definition) is 1. The second kappa shape index (κ2) is 6.17. The van der Waals surface area contributed by atoms with Crippen LogP contribution in [0.5, 0.6) is 0 Å². The summed E-state index contributed by atoms with van der Waals surface area (Å²) >= 11 is 0. The van der Waals surface area contributed by atoms with Crippen LogP contribution in [0.3, 0.4) is 0 Å². The molecule has 1 amide bonds. The monoisotopic (exact) mass is 303 g/mol. The minimum Gasteiger partial charge on any atom is -0.334 e. The van der Waals surface area contributed by atoms with Crippen molar-refractivity contribution in [2.75, 3.05) is 7.05 Å². The van der Waals surface area contributed by atoms with Gasteiger partial charge >= 0.3 is 5.76 Å². The van der Waals surface area contributed by atoms with Crippen molar-refractivity contribution in [3.8, 4) is 0 Å². The summed E-state index contributed by atoms with van der Waals surface area (Å²) in [6, 6.07) is 7.59. The van der Waals surface area contributed by atoms with Crippen LogP contribution < -0.4 is 5.76 Å². The first-order chi connectivity index (χ1) is 10.3. The largest absolute Gasteiger partial charge is 0.438 e. The van der Waals surface area contributed by atoms with Gasteiger partial charge in [-0.05, 0) is 23.5 Å². The number of carbonyl (C=O) groups excluding carboxylic acids is 1. The number of hydrogen-bond acceptors (Lipinski definition) is 4. The van der Waals surface area contributed by atoms with E-state index in [1.165, 1.54) is 4.90 Å². The zero-order valence-corrected chi connectivity index (χ0v) is 13.3. The zero-order valence-electron chi connectivity index (χ0n) is 13.3. The Balaban J connectivity index is 2.19. The van der Waals surface area contributed by atoms with Gasteiger partial charge < -0.3 is 4.90 Å². The van der Waals surface area contributed by atoms with E-state index in [1.54, 1.807) is 7.05 Å². The van der Waals surface area contributed by atoms with Crippen LogP contribution in [0.2, 0.25) is 0 Å². The summed E-state index contributed by atoms with van der Waals surface area (Å²) < 4.78 is 4.44. The third-order valence-corrected chi connectivity index (χ3v) is 3.19. The van der Waals surface area contributed by atoms with Crippen molar-refractivity contribution in [1.82, 2.24) is 15.0 Å². The highest BCUT2D eigenvalue weighted by atomic mass is 16.5. The van der Waals surface area contributed by atoms with E-state index in [9.17, 15) is 9.59 Å². The fraction of sp³-hybridized carbons (Fsp3) is 0.438. The number of amides is 1. The Morgan fingerprint density at radius 2 is 2.00 bits per heavy atom. The maximum Gasteiger partial charge on any atom is 0.438 e. The van der Waals surface area contributed by atoms with Crippen LogP contribution in [-0.4, -0.2) is 28.0 Å². The quantitative estimate of drug-likeness (QED) is 0.939. The molecule has 1 aromatic carbocycles. The molecule has 0 bridgehead atoms. The van der Waals surface area contributed by atoms with Gasteiger partial charge in [0, 0.05) is 12.6 Å². The van der Waals surface area contributed by atoms with Crippen LogP contribution in [-0.2, 0) is 13.0 Å². The molecular formula is C16H21N3O3. The maximum atomic E-state index is 12.6. The molecule has 0 atom stereocenters. The van der Waals surface area contributed by atoms with E-state index in [-0.39, 0.29) is 17.9 Å². The van der Waals surface area contributed by atoms with Gasteiger partial charge in [0.1, 0.15) is 0 Å². The van der Waals surface area contributed by atoms with Gasteiger partial charge in [-0.15, -0.1) is 0 Å². The first-order valence-electron chi connectivity index (χ1n) is 7.14. The molecule has 1 N–H and O–H groups in total. The predicted molar refractivity (Wildman–Crippen MR) is 82.5 cm³/mol. The average Bonchev–Trinajstić information content (AvgIpc) is 2.82. The summed E-state index contributed by atoms with van der Waals surface area (Å²) in [5.74, 6) is -0.401. The number of nitrogens with zero attached hydrogens (tertiary/aromatic N) is 2. The molecule has 0 unspecified atom stereocenters. The van der Waals surface area contributed by atoms with E-state index in [0.29, 0.717) is 11.4 Å². The maximum absolute atomic E-state index is 12.6. The lowest BCUT2D eigenvalue weighted by molar-refractivity contribution is 0.0779. The van der Waals surface area contributed by atoms with Crippen molar-refractivity contribution in [2.45, 2.75) is 33.7 Å². The minimum atomic E-state index is -0.621. The van der Waals surface area contributed by atoms with Crippen LogP contribution in [0.25, 0.3) is 0 Å². The Bertz CT molecular complexity index is 710. The molecule has 0 saturated heterocycles. The van der Waals surface area contributed by atoms with Crippen LogP contribution >= 0.6 is 0 Å². The Morgan fingerprint density at radius 3 is 2.59 bits per heavy atom. The lowest BCUT2D eigenvalue weighted by Crippen LogP contribution is -2.28. The predicted octanol–water partition coefficient (Wildman–Crippen LogP) is 2.22. The topological polar surface area (TPSA) is 79.2 Å². The second-order valence-corrected chi connectivity index (χ2v) is 6.60. The summed E-state index contributed by atoms with van der Waals surface area (Å²) in [6.45, 7) is 6.60. The van der Waals surface area contributed by atoms with Crippen LogP contribution in [0.15, 0.2) is 33.6 Å². The van der Waals surface area contributed by atoms with E-state index in [4.69, 9.17) is 0 Å². The number of nitrogens with one attached hydrogen (secondary N) is 1. The Kier molecular flexibility index (Phi) is 4.49. The molecule has 22 heavy (non-hydrogen) atoms. The Hall–Kier alpha value is -2.37. The van der Waals surface area contributed by atoms with Crippen molar-refractivity contribution in [1.29, 1.82) is 0 Å². The van der Waals surface area contributed by atoms with Gasteiger partial charge in [0.2, 0.25) is 0 Å². The molecule has 0 fully saturated rings. The smallest absolute Gasteiger partial charge is 0.334 e. The van der Waals surface area contributed by atoms with E-state index in [2.05, 4.69) is 35.4 Å². The van der Waals surface area contributed by atoms with Crippen molar-refractivity contribution in [3.05, 3.63) is 51.8 Å². The molecule has 2 rings (SSSR count). The van der Waals surface area contributed by atoms with Gasteiger partial charge in [-0.25, -0.2) is 4.79 Å². The zero-order chi connectivity index (χ0) is 16.3. The standard InChI is InChI=1S/C16H21N3O3/c1-16(2,3)9-11-7-5-6-8-12(11)14(20)19(4)10-13-17-15(21)22-18-13/h5-8H,9-10H2,1-4H3,(H,17,18,21). The molecule has 0 aliphatic heterocycles. The second-order valence-electron chi connectivity index (χ2n) is 6.60. The fourth-order valence-electron chi connectivity index (χ4n) is 2.28. The lowest BCUT2D eigenvalue weighted by atomic mass is 9.86. The number of H-pyrrole nitrogens is 1. The Morgan fingerprint density at radius 1 is 1.32 bits per heavy atom. The van der Waals surface area contributed by atoms with Crippen LogP contribution in [0.4, 0.5) is 0 Å². The lowest BCUT2D eigenvalue weighted by Gasteiger charge is -2.22. The highest BCUT2D eigenvalue weighted by Gasteiger charge is 2.20. The number of rotatable bonds is 4. The molecule has 0 radical (unpaired) electrons. The number of benzene rings is 1. The van der Waals surface area contributed by atoms with Gasteiger partial charge in [0.25, 0.3) is 5.91 Å². The molecule has 1 heterocycles. The van der Waals surface area contributed by atoms with E-state index in [0.717, 1.165) is 12.0 Å². The van der Waals surface area contributed by atoms with Crippen LogP contribution in [0.1, 0.15) is 42.5 Å². The number of aromatic amines is 1. The van der Waals surface area contributed by atoms with Gasteiger partial charge in [0.15, 0.2) is 5.82 Å². The van der Waals surface area contributed by atoms with Crippen LogP contribution in [0, 0.1) is 5.41 Å². The fourth-order valence-corrected chi connectivity index (χ4v) is 2.28. The minimum absolute atomic E-state index is 0.0896. The Labute approximate surface area is 129 Å². The van der Waals surface area contributed by atoms with Crippen molar-refractivity contribution >= 4 is 5.91 Å². The molecule has 118 valence electrons. The van der Waals surface area contributed by atoms with E-state index in [1.807, 2.05) is 24.3 Å². The molecule has 2 aromatic rings. The summed E-state index contributed by atoms with van der Waals surface area (Å²) in [5.41, 5.74) is 1.78. The molecule has 0 saturated carbocycles.